The van der Waals surface area contributed by atoms with Crippen molar-refractivity contribution in [2.75, 3.05) is 19.9 Å². The fourth-order valence-corrected chi connectivity index (χ4v) is 6.54. The summed E-state index contributed by atoms with van der Waals surface area (Å²) in [5.41, 5.74) is 13.2. The topological polar surface area (TPSA) is 172 Å². The number of hydrogen-bond acceptors (Lipinski definition) is 8. The van der Waals surface area contributed by atoms with Crippen LogP contribution in [0.3, 0.4) is 0 Å². The Bertz CT molecular complexity index is 2040. The molecule has 0 atom stereocenters. The number of rotatable bonds is 9. The van der Waals surface area contributed by atoms with Crippen LogP contribution in [0, 0.1) is 12.7 Å². The van der Waals surface area contributed by atoms with Crippen LogP contribution in [-0.4, -0.2) is 53.1 Å². The van der Waals surface area contributed by atoms with Crippen molar-refractivity contribution in [2.24, 2.45) is 5.73 Å². The van der Waals surface area contributed by atoms with Gasteiger partial charge in [0, 0.05) is 23.4 Å². The Morgan fingerprint density at radius 1 is 1.02 bits per heavy atom. The molecule has 4 aromatic rings. The van der Waals surface area contributed by atoms with Crippen LogP contribution < -0.4 is 21.9 Å². The Hall–Kier alpha value is -5.43. The van der Waals surface area contributed by atoms with Gasteiger partial charge in [-0.3, -0.25) is 24.0 Å². The summed E-state index contributed by atoms with van der Waals surface area (Å²) in [5.74, 6) is -1.76. The lowest BCUT2D eigenvalue weighted by Gasteiger charge is -2.21. The van der Waals surface area contributed by atoms with Crippen LogP contribution in [0.1, 0.15) is 59.2 Å². The Morgan fingerprint density at radius 3 is 2.54 bits per heavy atom. The van der Waals surface area contributed by atoms with Gasteiger partial charge in [0.15, 0.2) is 0 Å². The molecule has 2 aromatic heterocycles. The molecule has 13 heteroatoms. The molecule has 262 valence electrons. The van der Waals surface area contributed by atoms with Crippen LogP contribution >= 0.6 is 0 Å². The van der Waals surface area contributed by atoms with Crippen molar-refractivity contribution in [3.8, 4) is 11.4 Å². The van der Waals surface area contributed by atoms with Gasteiger partial charge in [-0.1, -0.05) is 37.8 Å². The highest BCUT2D eigenvalue weighted by Gasteiger charge is 2.32. The van der Waals surface area contributed by atoms with Crippen molar-refractivity contribution in [3.63, 3.8) is 0 Å². The molecule has 0 radical (unpaired) electrons. The highest BCUT2D eigenvalue weighted by molar-refractivity contribution is 5.92. The minimum atomic E-state index is -0.613. The van der Waals surface area contributed by atoms with Gasteiger partial charge in [-0.15, -0.1) is 0 Å². The molecular formula is C37H40FN5O7. The van der Waals surface area contributed by atoms with Gasteiger partial charge in [0.2, 0.25) is 17.7 Å². The van der Waals surface area contributed by atoms with Crippen LogP contribution in [0.2, 0.25) is 0 Å². The number of carbonyl (C=O) groups is 4. The molecular weight excluding hydrogens is 645 g/mol. The number of cyclic esters (lactones) is 1. The second-order valence-corrected chi connectivity index (χ2v) is 12.2. The number of benzene rings is 2. The van der Waals surface area contributed by atoms with Crippen molar-refractivity contribution >= 4 is 34.6 Å². The van der Waals surface area contributed by atoms with Gasteiger partial charge in [0.1, 0.15) is 25.8 Å². The fourth-order valence-electron chi connectivity index (χ4n) is 6.54. The molecule has 7 rings (SSSR count). The second-order valence-electron chi connectivity index (χ2n) is 12.2. The number of halogens is 1. The maximum absolute atomic E-state index is 14.5. The van der Waals surface area contributed by atoms with Crippen molar-refractivity contribution < 1.29 is 33.0 Å². The summed E-state index contributed by atoms with van der Waals surface area (Å²) in [7, 11) is 0. The first-order chi connectivity index (χ1) is 23.6. The number of nitrogens with zero attached hydrogens (tertiary/aromatic N) is 2. The van der Waals surface area contributed by atoms with Crippen LogP contribution in [0.5, 0.6) is 0 Å². The van der Waals surface area contributed by atoms with Crippen molar-refractivity contribution in [1.29, 1.82) is 0 Å². The highest BCUT2D eigenvalue weighted by atomic mass is 19.1. The quantitative estimate of drug-likeness (QED) is 0.121. The van der Waals surface area contributed by atoms with Crippen LogP contribution in [-0.2, 0) is 67.5 Å². The Kier molecular flexibility index (Phi) is 11.1. The predicted octanol–water partition coefficient (Wildman–Crippen LogP) is 2.91. The number of aryl methyl sites for hydroxylation is 3. The zero-order valence-electron chi connectivity index (χ0n) is 27.0. The van der Waals surface area contributed by atoms with Gasteiger partial charge in [0.25, 0.3) is 5.56 Å². The standard InChI is InChI=1S/C22H17FN2O3.C14H19N3O4.CH4/c1-10-12-3-2-4-13-14-8-25-18(21(14)24-17(20(12)13)7-16(10)23)5-11-6-19(26)28-9-15(11)22(25)27;15-12(18)9-21-10-17-14(20)8-16-13(19)7-6-11-4-2-1-3-5-11;/h5,7H,2-4,6,8-9H2,1H3;1-5H,6-10H2,(H2,15,18)(H,16,19)(H,17,20);1H4. The highest BCUT2D eigenvalue weighted by Crippen LogP contribution is 2.41. The van der Waals surface area contributed by atoms with Crippen molar-refractivity contribution in [3.05, 3.63) is 97.6 Å². The normalized spacial score (nSPS) is 13.4. The molecule has 3 amide bonds. The molecule has 0 spiro atoms. The van der Waals surface area contributed by atoms with Crippen LogP contribution in [0.25, 0.3) is 22.3 Å². The first-order valence-corrected chi connectivity index (χ1v) is 16.1. The Balaban J connectivity index is 0.000000200. The number of nitrogens with two attached hydrogens (primary N) is 1. The van der Waals surface area contributed by atoms with Gasteiger partial charge >= 0.3 is 5.97 Å². The number of pyridine rings is 2. The molecule has 3 aliphatic rings. The summed E-state index contributed by atoms with van der Waals surface area (Å²) in [6.45, 7) is 1.81. The molecule has 2 aliphatic heterocycles. The van der Waals surface area contributed by atoms with E-state index >= 15 is 0 Å². The van der Waals surface area contributed by atoms with E-state index in [0.717, 1.165) is 52.7 Å². The molecule has 4 N–H and O–H groups in total. The minimum Gasteiger partial charge on any atom is -0.460 e. The van der Waals surface area contributed by atoms with Gasteiger partial charge < -0.3 is 30.4 Å². The zero-order valence-corrected chi connectivity index (χ0v) is 27.0. The summed E-state index contributed by atoms with van der Waals surface area (Å²) in [5, 5.41) is 5.95. The number of primary amides is 1. The summed E-state index contributed by atoms with van der Waals surface area (Å²) in [6.07, 6.45) is 3.77. The molecule has 12 nitrogen and oxygen atoms in total. The number of ether oxygens (including phenoxy) is 2. The number of carbonyl (C=O) groups excluding carboxylic acids is 4. The molecule has 2 aromatic carbocycles. The minimum absolute atomic E-state index is 0. The lowest BCUT2D eigenvalue weighted by Crippen LogP contribution is -2.38. The van der Waals surface area contributed by atoms with Gasteiger partial charge in [-0.05, 0) is 66.5 Å². The first-order valence-electron chi connectivity index (χ1n) is 16.1. The smallest absolute Gasteiger partial charge is 0.310 e. The van der Waals surface area contributed by atoms with E-state index in [4.69, 9.17) is 20.2 Å². The molecule has 4 heterocycles. The van der Waals surface area contributed by atoms with E-state index in [1.54, 1.807) is 4.57 Å². The van der Waals surface area contributed by atoms with Gasteiger partial charge in [-0.2, -0.15) is 0 Å². The molecule has 0 saturated heterocycles. The van der Waals surface area contributed by atoms with E-state index in [1.165, 1.54) is 11.6 Å². The average molecular weight is 686 g/mol. The van der Waals surface area contributed by atoms with E-state index < -0.39 is 11.8 Å². The maximum atomic E-state index is 14.5. The van der Waals surface area contributed by atoms with E-state index in [-0.39, 0.29) is 63.6 Å². The molecule has 0 bridgehead atoms. The van der Waals surface area contributed by atoms with Crippen molar-refractivity contribution in [2.45, 2.75) is 66.0 Å². The van der Waals surface area contributed by atoms with E-state index in [1.807, 2.05) is 43.3 Å². The van der Waals surface area contributed by atoms with Crippen molar-refractivity contribution in [1.82, 2.24) is 20.2 Å². The Labute approximate surface area is 288 Å². The number of esters is 1. The molecule has 0 saturated carbocycles. The molecule has 1 aliphatic carbocycles. The summed E-state index contributed by atoms with van der Waals surface area (Å²) in [6, 6.07) is 13.0. The summed E-state index contributed by atoms with van der Waals surface area (Å²) < 4.78 is 26.0. The number of amides is 3. The largest absolute Gasteiger partial charge is 0.460 e. The first kappa shape index (κ1) is 35.9. The van der Waals surface area contributed by atoms with E-state index in [2.05, 4.69) is 10.6 Å². The van der Waals surface area contributed by atoms with Crippen LogP contribution in [0.15, 0.2) is 47.3 Å². The maximum Gasteiger partial charge on any atom is 0.310 e. The predicted molar refractivity (Wildman–Crippen MR) is 183 cm³/mol. The average Bonchev–Trinajstić information content (AvgIpc) is 3.46. The number of aromatic nitrogens is 2. The molecule has 0 fully saturated rings. The molecule has 50 heavy (non-hydrogen) atoms. The number of fused-ring (bicyclic) bond motifs is 5. The third-order valence-electron chi connectivity index (χ3n) is 8.98. The Morgan fingerprint density at radius 2 is 1.78 bits per heavy atom. The van der Waals surface area contributed by atoms with E-state index in [9.17, 15) is 28.4 Å². The lowest BCUT2D eigenvalue weighted by molar-refractivity contribution is -0.145. The van der Waals surface area contributed by atoms with Gasteiger partial charge in [-0.25, -0.2) is 9.37 Å². The second kappa shape index (κ2) is 15.4. The van der Waals surface area contributed by atoms with E-state index in [0.29, 0.717) is 41.6 Å². The molecule has 0 unspecified atom stereocenters. The fraction of sp³-hybridized carbons (Fsp3) is 0.351. The lowest BCUT2D eigenvalue weighted by atomic mass is 9.85. The third-order valence-corrected chi connectivity index (χ3v) is 8.98. The van der Waals surface area contributed by atoms with Gasteiger partial charge in [0.05, 0.1) is 42.0 Å². The number of nitrogens with one attached hydrogen (secondary N) is 2. The zero-order chi connectivity index (χ0) is 34.7. The summed E-state index contributed by atoms with van der Waals surface area (Å²) in [4.78, 5) is 62.8. The summed E-state index contributed by atoms with van der Waals surface area (Å²) >= 11 is 0. The number of hydrogen-bond donors (Lipinski definition) is 3. The monoisotopic (exact) mass is 685 g/mol. The third kappa shape index (κ3) is 7.57. The van der Waals surface area contributed by atoms with Crippen LogP contribution in [0.4, 0.5) is 4.39 Å². The SMILES string of the molecule is C.Cc1c(F)cc2nc3c(c4c2c1CCC4)Cn1c-3cc2c(c1=O)COC(=O)C2.NC(=O)COCNC(=O)CNC(=O)CCc1ccccc1.